The zero-order valence-electron chi connectivity index (χ0n) is 9.51. The Kier molecular flexibility index (Phi) is 5.47. The van der Waals surface area contributed by atoms with Gasteiger partial charge in [-0.3, -0.25) is 4.79 Å². The number of amides is 1. The van der Waals surface area contributed by atoms with Crippen molar-refractivity contribution in [1.82, 2.24) is 5.32 Å². The van der Waals surface area contributed by atoms with Crippen LogP contribution in [0.2, 0.25) is 0 Å². The van der Waals surface area contributed by atoms with E-state index in [0.29, 0.717) is 5.92 Å². The molecule has 0 aromatic rings. The Morgan fingerprint density at radius 3 is 2.93 bits per heavy atom. The summed E-state index contributed by atoms with van der Waals surface area (Å²) >= 11 is 5.21. The van der Waals surface area contributed by atoms with Gasteiger partial charge in [-0.2, -0.15) is 0 Å². The number of hydrogen-bond donors (Lipinski definition) is 1. The molecule has 1 rings (SSSR count). The molecule has 0 radical (unpaired) electrons. The first-order valence-electron chi connectivity index (χ1n) is 5.57. The molecule has 1 heterocycles. The van der Waals surface area contributed by atoms with E-state index in [1.165, 1.54) is 6.42 Å². The average Bonchev–Trinajstić information content (AvgIpc) is 2.63. The van der Waals surface area contributed by atoms with Crippen LogP contribution in [0.3, 0.4) is 0 Å². The van der Waals surface area contributed by atoms with E-state index in [1.807, 2.05) is 0 Å². The number of nitrogens with one attached hydrogen (secondary N) is 1. The largest absolute Gasteiger partial charge is 0.355 e. The van der Waals surface area contributed by atoms with Crippen LogP contribution in [0.5, 0.6) is 0 Å². The maximum Gasteiger partial charge on any atom is 0.235 e. The summed E-state index contributed by atoms with van der Waals surface area (Å²) in [4.78, 5) is 11.9. The second-order valence-corrected chi connectivity index (χ2v) is 6.87. The Morgan fingerprint density at radius 2 is 2.40 bits per heavy atom. The zero-order chi connectivity index (χ0) is 11.3. The van der Waals surface area contributed by atoms with Gasteiger partial charge in [0, 0.05) is 11.9 Å². The van der Waals surface area contributed by atoms with Crippen molar-refractivity contribution in [2.75, 3.05) is 17.6 Å². The molecule has 15 heavy (non-hydrogen) atoms. The fraction of sp³-hybridized carbons (Fsp3) is 0.909. The third-order valence-corrected chi connectivity index (χ3v) is 4.89. The highest BCUT2D eigenvalue weighted by Crippen LogP contribution is 2.37. The fourth-order valence-corrected chi connectivity index (χ4v) is 3.71. The SMILES string of the molecule is CC(CCBr)CNC(=O)C1(C)CCCS1. The van der Waals surface area contributed by atoms with Crippen molar-refractivity contribution in [3.05, 3.63) is 0 Å². The third-order valence-electron chi connectivity index (χ3n) is 2.91. The Balaban J connectivity index is 2.29. The lowest BCUT2D eigenvalue weighted by Gasteiger charge is -2.22. The Labute approximate surface area is 105 Å². The quantitative estimate of drug-likeness (QED) is 0.790. The van der Waals surface area contributed by atoms with Gasteiger partial charge in [0.1, 0.15) is 0 Å². The van der Waals surface area contributed by atoms with E-state index in [-0.39, 0.29) is 10.7 Å². The second-order valence-electron chi connectivity index (χ2n) is 4.48. The molecule has 1 fully saturated rings. The van der Waals surface area contributed by atoms with Gasteiger partial charge in [-0.15, -0.1) is 11.8 Å². The van der Waals surface area contributed by atoms with E-state index in [2.05, 4.69) is 35.1 Å². The van der Waals surface area contributed by atoms with Crippen LogP contribution in [-0.4, -0.2) is 28.3 Å². The van der Waals surface area contributed by atoms with Crippen LogP contribution in [0.15, 0.2) is 0 Å². The van der Waals surface area contributed by atoms with E-state index in [0.717, 1.165) is 30.5 Å². The van der Waals surface area contributed by atoms with Gasteiger partial charge in [0.05, 0.1) is 4.75 Å². The number of rotatable bonds is 5. The van der Waals surface area contributed by atoms with Gasteiger partial charge in [-0.05, 0) is 37.9 Å². The van der Waals surface area contributed by atoms with Crippen molar-refractivity contribution >= 4 is 33.6 Å². The zero-order valence-corrected chi connectivity index (χ0v) is 11.9. The van der Waals surface area contributed by atoms with Crippen molar-refractivity contribution in [2.24, 2.45) is 5.92 Å². The molecule has 1 amide bonds. The van der Waals surface area contributed by atoms with Crippen LogP contribution >= 0.6 is 27.7 Å². The minimum absolute atomic E-state index is 0.159. The van der Waals surface area contributed by atoms with Crippen molar-refractivity contribution < 1.29 is 4.79 Å². The number of alkyl halides is 1. The summed E-state index contributed by atoms with van der Waals surface area (Å²) in [7, 11) is 0. The lowest BCUT2D eigenvalue weighted by molar-refractivity contribution is -0.123. The number of hydrogen-bond acceptors (Lipinski definition) is 2. The molecule has 1 N–H and O–H groups in total. The minimum atomic E-state index is -0.159. The average molecular weight is 294 g/mol. The van der Waals surface area contributed by atoms with Gasteiger partial charge in [-0.25, -0.2) is 0 Å². The molecule has 0 aromatic heterocycles. The lowest BCUT2D eigenvalue weighted by Crippen LogP contribution is -2.42. The molecule has 0 aromatic carbocycles. The molecule has 2 unspecified atom stereocenters. The van der Waals surface area contributed by atoms with Gasteiger partial charge in [0.25, 0.3) is 0 Å². The highest BCUT2D eigenvalue weighted by Gasteiger charge is 2.36. The monoisotopic (exact) mass is 293 g/mol. The minimum Gasteiger partial charge on any atom is -0.355 e. The Bertz CT molecular complexity index is 217. The molecule has 2 nitrogen and oxygen atoms in total. The van der Waals surface area contributed by atoms with Crippen LogP contribution < -0.4 is 5.32 Å². The summed E-state index contributed by atoms with van der Waals surface area (Å²) in [5.74, 6) is 1.91. The van der Waals surface area contributed by atoms with E-state index < -0.39 is 0 Å². The van der Waals surface area contributed by atoms with Gasteiger partial charge < -0.3 is 5.32 Å². The smallest absolute Gasteiger partial charge is 0.235 e. The van der Waals surface area contributed by atoms with Crippen LogP contribution in [0, 0.1) is 5.92 Å². The molecule has 0 aliphatic carbocycles. The molecule has 4 heteroatoms. The topological polar surface area (TPSA) is 29.1 Å². The van der Waals surface area contributed by atoms with E-state index in [9.17, 15) is 4.79 Å². The maximum absolute atomic E-state index is 11.9. The molecule has 1 aliphatic heterocycles. The lowest BCUT2D eigenvalue weighted by atomic mass is 10.0. The number of halogens is 1. The van der Waals surface area contributed by atoms with E-state index in [1.54, 1.807) is 11.8 Å². The first kappa shape index (κ1) is 13.4. The first-order valence-corrected chi connectivity index (χ1v) is 7.67. The van der Waals surface area contributed by atoms with Crippen LogP contribution in [0.25, 0.3) is 0 Å². The summed E-state index contributed by atoms with van der Waals surface area (Å²) in [6.45, 7) is 5.04. The fourth-order valence-electron chi connectivity index (χ4n) is 1.70. The van der Waals surface area contributed by atoms with Crippen LogP contribution in [0.1, 0.15) is 33.1 Å². The predicted octanol–water partition coefficient (Wildman–Crippen LogP) is 2.81. The van der Waals surface area contributed by atoms with Crippen LogP contribution in [-0.2, 0) is 4.79 Å². The Hall–Kier alpha value is 0.300. The van der Waals surface area contributed by atoms with Gasteiger partial charge in [0.15, 0.2) is 0 Å². The van der Waals surface area contributed by atoms with Crippen molar-refractivity contribution in [2.45, 2.75) is 37.9 Å². The summed E-state index contributed by atoms with van der Waals surface area (Å²) in [6, 6.07) is 0. The van der Waals surface area contributed by atoms with E-state index in [4.69, 9.17) is 0 Å². The summed E-state index contributed by atoms with van der Waals surface area (Å²) in [5.41, 5.74) is 0. The number of thioether (sulfide) groups is 1. The van der Waals surface area contributed by atoms with Crippen LogP contribution in [0.4, 0.5) is 0 Å². The second kappa shape index (κ2) is 6.14. The van der Waals surface area contributed by atoms with Gasteiger partial charge >= 0.3 is 0 Å². The molecule has 0 saturated carbocycles. The maximum atomic E-state index is 11.9. The standard InChI is InChI=1S/C11H20BrNOS/c1-9(4-6-12)8-13-10(14)11(2)5-3-7-15-11/h9H,3-8H2,1-2H3,(H,13,14). The number of carbonyl (C=O) groups is 1. The number of carbonyl (C=O) groups excluding carboxylic acids is 1. The summed E-state index contributed by atoms with van der Waals surface area (Å²) in [5, 5.41) is 4.08. The van der Waals surface area contributed by atoms with Crippen molar-refractivity contribution in [3.8, 4) is 0 Å². The third kappa shape index (κ3) is 3.99. The summed E-state index contributed by atoms with van der Waals surface area (Å²) in [6.07, 6.45) is 3.31. The predicted molar refractivity (Wildman–Crippen MR) is 70.7 cm³/mol. The van der Waals surface area contributed by atoms with Gasteiger partial charge in [0.2, 0.25) is 5.91 Å². The van der Waals surface area contributed by atoms with Gasteiger partial charge in [-0.1, -0.05) is 22.9 Å². The summed E-state index contributed by atoms with van der Waals surface area (Å²) < 4.78 is -0.159. The molecular formula is C11H20BrNOS. The molecule has 0 bridgehead atoms. The molecule has 0 spiro atoms. The molecular weight excluding hydrogens is 274 g/mol. The van der Waals surface area contributed by atoms with E-state index >= 15 is 0 Å². The molecule has 1 aliphatic rings. The first-order chi connectivity index (χ1) is 7.08. The highest BCUT2D eigenvalue weighted by atomic mass is 79.9. The normalized spacial score (nSPS) is 27.7. The van der Waals surface area contributed by atoms with Crippen molar-refractivity contribution in [3.63, 3.8) is 0 Å². The highest BCUT2D eigenvalue weighted by molar-refractivity contribution is 9.09. The Morgan fingerprint density at radius 1 is 1.67 bits per heavy atom. The van der Waals surface area contributed by atoms with Crippen molar-refractivity contribution in [1.29, 1.82) is 0 Å². The molecule has 1 saturated heterocycles. The molecule has 88 valence electrons. The molecule has 2 atom stereocenters.